The lowest BCUT2D eigenvalue weighted by atomic mass is 9.95. The lowest BCUT2D eigenvalue weighted by Gasteiger charge is -2.54. The van der Waals surface area contributed by atoms with E-state index in [1.165, 1.54) is 10.6 Å². The Balaban J connectivity index is 1.33. The highest BCUT2D eigenvalue weighted by Crippen LogP contribution is 2.34. The van der Waals surface area contributed by atoms with Gasteiger partial charge in [-0.05, 0) is 82.3 Å². The maximum Gasteiger partial charge on any atom is 0.436 e. The van der Waals surface area contributed by atoms with Gasteiger partial charge in [-0.25, -0.2) is 4.79 Å². The van der Waals surface area contributed by atoms with Crippen LogP contribution >= 0.6 is 0 Å². The molecule has 0 bridgehead atoms. The molecular weight excluding hydrogens is 570 g/mol. The highest BCUT2D eigenvalue weighted by molar-refractivity contribution is 5.92. The Morgan fingerprint density at radius 2 is 1.62 bits per heavy atom. The fourth-order valence-electron chi connectivity index (χ4n) is 6.61. The Labute approximate surface area is 267 Å². The van der Waals surface area contributed by atoms with Gasteiger partial charge >= 0.3 is 6.09 Å². The van der Waals surface area contributed by atoms with E-state index in [-0.39, 0.29) is 36.9 Å². The first-order valence-electron chi connectivity index (χ1n) is 16.5. The number of nitrogens with one attached hydrogen (secondary N) is 1. The van der Waals surface area contributed by atoms with Crippen molar-refractivity contribution in [2.24, 2.45) is 5.92 Å². The summed E-state index contributed by atoms with van der Waals surface area (Å²) in [5.41, 5.74) is 2.09. The molecule has 0 saturated carbocycles. The molecule has 0 aliphatic carbocycles. The van der Waals surface area contributed by atoms with Gasteiger partial charge in [0.1, 0.15) is 12.6 Å². The number of piperidine rings is 1. The summed E-state index contributed by atoms with van der Waals surface area (Å²) in [6, 6.07) is 19.2. The van der Waals surface area contributed by atoms with Gasteiger partial charge in [-0.3, -0.25) is 14.4 Å². The zero-order valence-electron chi connectivity index (χ0n) is 27.0. The summed E-state index contributed by atoms with van der Waals surface area (Å²) >= 11 is 0. The minimum Gasteiger partial charge on any atom is -0.443 e. The number of hydrogen-bond donors (Lipinski definition) is 1. The topological polar surface area (TPSA) is 94.7 Å². The zero-order chi connectivity index (χ0) is 31.8. The molecule has 3 atom stereocenters. The molecule has 1 N–H and O–H groups in total. The predicted octanol–water partition coefficient (Wildman–Crippen LogP) is 4.40. The van der Waals surface area contributed by atoms with E-state index >= 15 is 0 Å². The number of hydrogen-bond acceptors (Lipinski definition) is 7. The van der Waals surface area contributed by atoms with Crippen molar-refractivity contribution in [1.82, 2.24) is 25.1 Å². The van der Waals surface area contributed by atoms with Gasteiger partial charge in [0, 0.05) is 12.6 Å². The van der Waals surface area contributed by atoms with Gasteiger partial charge in [0.15, 0.2) is 12.3 Å². The third kappa shape index (κ3) is 8.42. The van der Waals surface area contributed by atoms with E-state index in [1.807, 2.05) is 67.3 Å². The predicted molar refractivity (Wildman–Crippen MR) is 171 cm³/mol. The SMILES string of the molecule is CC(C)C[C@H]1ON(C(=O)OCc2ccccc2)C2CN(C3CCN(C)CC3)C(=O)[C@H](CCCCNCc3ccccc3)N2C1=O. The largest absolute Gasteiger partial charge is 0.443 e. The molecule has 3 aliphatic heterocycles. The van der Waals surface area contributed by atoms with Crippen LogP contribution in [0.3, 0.4) is 0 Å². The molecule has 10 nitrogen and oxygen atoms in total. The van der Waals surface area contributed by atoms with Gasteiger partial charge in [-0.2, -0.15) is 5.06 Å². The van der Waals surface area contributed by atoms with Crippen molar-refractivity contribution in [3.63, 3.8) is 0 Å². The summed E-state index contributed by atoms with van der Waals surface area (Å²) in [5.74, 6) is -0.0818. The summed E-state index contributed by atoms with van der Waals surface area (Å²) in [7, 11) is 2.09. The Kier molecular flexibility index (Phi) is 11.5. The second kappa shape index (κ2) is 15.7. The fourth-order valence-corrected chi connectivity index (χ4v) is 6.61. The zero-order valence-corrected chi connectivity index (χ0v) is 27.0. The number of nitrogens with zero attached hydrogens (tertiary/aromatic N) is 4. The Bertz CT molecular complexity index is 1250. The summed E-state index contributed by atoms with van der Waals surface area (Å²) < 4.78 is 5.73. The Hall–Kier alpha value is -3.47. The molecule has 3 heterocycles. The molecule has 3 fully saturated rings. The smallest absolute Gasteiger partial charge is 0.436 e. The summed E-state index contributed by atoms with van der Waals surface area (Å²) in [4.78, 5) is 54.0. The van der Waals surface area contributed by atoms with Gasteiger partial charge in [-0.15, -0.1) is 0 Å². The van der Waals surface area contributed by atoms with Crippen LogP contribution in [0.1, 0.15) is 63.5 Å². The van der Waals surface area contributed by atoms with Crippen molar-refractivity contribution in [2.45, 2.75) is 89.9 Å². The molecule has 45 heavy (non-hydrogen) atoms. The molecular formula is C35H49N5O5. The third-order valence-electron chi connectivity index (χ3n) is 9.08. The first-order chi connectivity index (χ1) is 21.8. The quantitative estimate of drug-likeness (QED) is 0.352. The molecule has 0 spiro atoms. The van der Waals surface area contributed by atoms with Crippen LogP contribution in [0, 0.1) is 5.92 Å². The van der Waals surface area contributed by atoms with Crippen molar-refractivity contribution in [2.75, 3.05) is 33.2 Å². The van der Waals surface area contributed by atoms with E-state index in [0.717, 1.165) is 57.4 Å². The summed E-state index contributed by atoms with van der Waals surface area (Å²) in [5, 5.41) is 4.74. The number of unbranched alkanes of at least 4 members (excludes halogenated alkanes) is 1. The molecule has 3 aliphatic rings. The number of likely N-dealkylation sites (tertiary alicyclic amines) is 1. The maximum absolute atomic E-state index is 14.3. The monoisotopic (exact) mass is 619 g/mol. The lowest BCUT2D eigenvalue weighted by Crippen LogP contribution is -2.74. The molecule has 10 heteroatoms. The average Bonchev–Trinajstić information content (AvgIpc) is 3.04. The molecule has 0 radical (unpaired) electrons. The molecule has 1 unspecified atom stereocenters. The third-order valence-corrected chi connectivity index (χ3v) is 9.08. The van der Waals surface area contributed by atoms with E-state index in [0.29, 0.717) is 12.8 Å². The molecule has 2 aromatic rings. The number of hydroxylamine groups is 2. The van der Waals surface area contributed by atoms with Crippen LogP contribution in [0.25, 0.3) is 0 Å². The van der Waals surface area contributed by atoms with E-state index in [1.54, 1.807) is 4.90 Å². The van der Waals surface area contributed by atoms with Gasteiger partial charge in [0.2, 0.25) is 5.91 Å². The molecule has 0 aromatic heterocycles. The number of benzene rings is 2. The molecule has 3 saturated heterocycles. The molecule has 5 rings (SSSR count). The second-order valence-electron chi connectivity index (χ2n) is 13.0. The Morgan fingerprint density at radius 3 is 2.29 bits per heavy atom. The van der Waals surface area contributed by atoms with E-state index in [4.69, 9.17) is 9.57 Å². The highest BCUT2D eigenvalue weighted by atomic mass is 16.7. The Morgan fingerprint density at radius 1 is 0.956 bits per heavy atom. The van der Waals surface area contributed by atoms with E-state index in [2.05, 4.69) is 29.4 Å². The lowest BCUT2D eigenvalue weighted by molar-refractivity contribution is -0.270. The van der Waals surface area contributed by atoms with Crippen LogP contribution in [0.2, 0.25) is 0 Å². The van der Waals surface area contributed by atoms with Gasteiger partial charge in [0.25, 0.3) is 5.91 Å². The second-order valence-corrected chi connectivity index (χ2v) is 13.0. The number of piperazine rings is 1. The van der Waals surface area contributed by atoms with Crippen LogP contribution < -0.4 is 5.32 Å². The maximum atomic E-state index is 14.3. The number of rotatable bonds is 12. The van der Waals surface area contributed by atoms with Crippen molar-refractivity contribution < 1.29 is 24.0 Å². The minimum absolute atomic E-state index is 0.0193. The average molecular weight is 620 g/mol. The number of carbonyl (C=O) groups is 3. The van der Waals surface area contributed by atoms with E-state index in [9.17, 15) is 14.4 Å². The fraction of sp³-hybridized carbons (Fsp3) is 0.571. The van der Waals surface area contributed by atoms with Gasteiger partial charge in [0.05, 0.1) is 6.54 Å². The van der Waals surface area contributed by atoms with Crippen LogP contribution in [0.4, 0.5) is 4.79 Å². The standard InChI is InChI=1S/C35H49N5O5/c1-26(2)22-31-34(42)39-30(16-10-11-19-36-23-27-12-6-4-7-13-27)33(41)38(29-17-20-37(3)21-18-29)24-32(39)40(45-31)35(43)44-25-28-14-8-5-9-15-28/h4-9,12-15,26,29-32,36H,10-11,16-25H2,1-3H3/t30-,31+,32?/m0/s1. The van der Waals surface area contributed by atoms with Crippen molar-refractivity contribution in [3.05, 3.63) is 71.8 Å². The number of fused-ring (bicyclic) bond motifs is 1. The van der Waals surface area contributed by atoms with Crippen molar-refractivity contribution in [3.8, 4) is 0 Å². The first-order valence-corrected chi connectivity index (χ1v) is 16.5. The van der Waals surface area contributed by atoms with Gasteiger partial charge < -0.3 is 24.8 Å². The van der Waals surface area contributed by atoms with Crippen molar-refractivity contribution in [1.29, 1.82) is 0 Å². The first kappa shape index (κ1) is 32.9. The van der Waals surface area contributed by atoms with Crippen LogP contribution in [0.15, 0.2) is 60.7 Å². The minimum atomic E-state index is -0.858. The number of amides is 3. The van der Waals surface area contributed by atoms with Crippen LogP contribution in [-0.4, -0.2) is 95.3 Å². The molecule has 2 aromatic carbocycles. The normalized spacial score (nSPS) is 23.0. The molecule has 3 amide bonds. The van der Waals surface area contributed by atoms with Gasteiger partial charge in [-0.1, -0.05) is 74.5 Å². The molecule has 244 valence electrons. The summed E-state index contributed by atoms with van der Waals surface area (Å²) in [6.07, 6.45) is 2.06. The summed E-state index contributed by atoms with van der Waals surface area (Å²) in [6.45, 7) is 7.73. The van der Waals surface area contributed by atoms with Crippen LogP contribution in [0.5, 0.6) is 0 Å². The highest BCUT2D eigenvalue weighted by Gasteiger charge is 2.54. The van der Waals surface area contributed by atoms with Crippen LogP contribution in [-0.2, 0) is 32.3 Å². The number of carbonyl (C=O) groups excluding carboxylic acids is 3. The van der Waals surface area contributed by atoms with Crippen molar-refractivity contribution >= 4 is 17.9 Å². The van der Waals surface area contributed by atoms with E-state index < -0.39 is 24.4 Å². The number of ether oxygens (including phenoxy) is 1.